The number of rotatable bonds is 7. The molecule has 0 bridgehead atoms. The van der Waals surface area contributed by atoms with Gasteiger partial charge >= 0.3 is 0 Å². The summed E-state index contributed by atoms with van der Waals surface area (Å²) in [6.45, 7) is 5.43. The molecule has 0 aliphatic carbocycles. The Morgan fingerprint density at radius 2 is 1.94 bits per heavy atom. The molecule has 3 aromatic heterocycles. The number of nitrogens with zero attached hydrogens (tertiary/aromatic N) is 6. The van der Waals surface area contributed by atoms with E-state index in [4.69, 9.17) is 0 Å². The molecule has 0 unspecified atom stereocenters. The molecule has 0 spiro atoms. The van der Waals surface area contributed by atoms with Crippen LogP contribution in [-0.4, -0.2) is 42.8 Å². The lowest BCUT2D eigenvalue weighted by Gasteiger charge is -2.10. The van der Waals surface area contributed by atoms with Crippen LogP contribution < -0.4 is 16.1 Å². The summed E-state index contributed by atoms with van der Waals surface area (Å²) in [7, 11) is 0. The first-order chi connectivity index (χ1) is 17.1. The van der Waals surface area contributed by atoms with Crippen molar-refractivity contribution in [1.82, 2.24) is 30.1 Å². The molecule has 2 aromatic carbocycles. The molecule has 172 valence electrons. The number of nitrogens with one attached hydrogen (secondary N) is 4. The highest BCUT2D eigenvalue weighted by atomic mass is 16.1. The first-order valence-electron chi connectivity index (χ1n) is 10.6. The van der Waals surface area contributed by atoms with Gasteiger partial charge in [-0.25, -0.2) is 15.0 Å². The first kappa shape index (κ1) is 21.6. The normalized spacial score (nSPS) is 10.7. The lowest BCUT2D eigenvalue weighted by Crippen LogP contribution is -2.13. The Balaban J connectivity index is 1.36. The van der Waals surface area contributed by atoms with E-state index in [0.29, 0.717) is 23.2 Å². The van der Waals surface area contributed by atoms with E-state index in [9.17, 15) is 4.79 Å². The van der Waals surface area contributed by atoms with Crippen molar-refractivity contribution in [3.05, 3.63) is 78.5 Å². The van der Waals surface area contributed by atoms with Crippen LogP contribution in [0.3, 0.4) is 0 Å². The largest absolute Gasteiger partial charge is 0.350 e. The van der Waals surface area contributed by atoms with Crippen molar-refractivity contribution < 1.29 is 4.79 Å². The molecule has 4 N–H and O–H groups in total. The summed E-state index contributed by atoms with van der Waals surface area (Å²) < 4.78 is 0. The Hall–Kier alpha value is -5.19. The molecule has 0 saturated carbocycles. The second-order valence-electron chi connectivity index (χ2n) is 7.62. The third-order valence-electron chi connectivity index (χ3n) is 5.22. The van der Waals surface area contributed by atoms with Gasteiger partial charge in [0.15, 0.2) is 11.6 Å². The van der Waals surface area contributed by atoms with Crippen LogP contribution in [0.2, 0.25) is 0 Å². The van der Waals surface area contributed by atoms with Crippen LogP contribution >= 0.6 is 0 Å². The summed E-state index contributed by atoms with van der Waals surface area (Å²) >= 11 is 0. The number of aryl methyl sites for hydroxylation is 1. The van der Waals surface area contributed by atoms with Gasteiger partial charge in [-0.3, -0.25) is 10.2 Å². The molecule has 0 aliphatic rings. The Labute approximate surface area is 199 Å². The van der Waals surface area contributed by atoms with E-state index in [0.717, 1.165) is 33.4 Å². The predicted octanol–water partition coefficient (Wildman–Crippen LogP) is 4.14. The van der Waals surface area contributed by atoms with Crippen molar-refractivity contribution in [1.29, 1.82) is 0 Å². The predicted molar refractivity (Wildman–Crippen MR) is 135 cm³/mol. The second-order valence-corrected chi connectivity index (χ2v) is 7.62. The minimum Gasteiger partial charge on any atom is -0.350 e. The van der Waals surface area contributed by atoms with Crippen LogP contribution in [-0.2, 0) is 0 Å². The Morgan fingerprint density at radius 1 is 1.03 bits per heavy atom. The summed E-state index contributed by atoms with van der Waals surface area (Å²) in [5.74, 6) is 1.20. The average molecular weight is 464 g/mol. The van der Waals surface area contributed by atoms with Gasteiger partial charge in [-0.05, 0) is 48.9 Å². The van der Waals surface area contributed by atoms with Crippen LogP contribution in [0, 0.1) is 6.92 Å². The van der Waals surface area contributed by atoms with Crippen LogP contribution in [0.4, 0.5) is 23.0 Å². The number of hydrazone groups is 1. The molecule has 11 nitrogen and oxygen atoms in total. The van der Waals surface area contributed by atoms with Gasteiger partial charge in [0, 0.05) is 35.1 Å². The van der Waals surface area contributed by atoms with Crippen LogP contribution in [0.25, 0.3) is 22.3 Å². The van der Waals surface area contributed by atoms with Gasteiger partial charge in [-0.2, -0.15) is 10.2 Å². The summed E-state index contributed by atoms with van der Waals surface area (Å²) in [4.78, 5) is 28.7. The number of hydrogen-bond donors (Lipinski definition) is 4. The van der Waals surface area contributed by atoms with E-state index >= 15 is 0 Å². The van der Waals surface area contributed by atoms with Crippen molar-refractivity contribution in [2.24, 2.45) is 5.10 Å². The third-order valence-corrected chi connectivity index (χ3v) is 5.22. The molecule has 1 amide bonds. The molecule has 0 atom stereocenters. The lowest BCUT2D eigenvalue weighted by atomic mass is 10.1. The van der Waals surface area contributed by atoms with Gasteiger partial charge in [0.05, 0.1) is 11.9 Å². The van der Waals surface area contributed by atoms with Gasteiger partial charge in [0.1, 0.15) is 17.8 Å². The van der Waals surface area contributed by atoms with Gasteiger partial charge in [-0.1, -0.05) is 12.1 Å². The number of carbonyl (C=O) groups excluding carboxylic acids is 1. The highest BCUT2D eigenvalue weighted by Crippen LogP contribution is 2.26. The number of H-pyrrole nitrogens is 1. The average Bonchev–Trinajstić information content (AvgIpc) is 3.30. The molecule has 0 aliphatic heterocycles. The maximum absolute atomic E-state index is 12.6. The molecule has 3 heterocycles. The SMILES string of the molecule is C=NNc1ccc(Nc2ccnc(-c3ccc4cc(C(=O)Nc5cnncn5)[nH]c4c3)n2)cc1C. The third kappa shape index (κ3) is 4.78. The summed E-state index contributed by atoms with van der Waals surface area (Å²) in [6.07, 6.45) is 4.34. The minimum absolute atomic E-state index is 0.320. The quantitative estimate of drug-likeness (QED) is 0.208. The van der Waals surface area contributed by atoms with Gasteiger partial charge < -0.3 is 15.6 Å². The molecule has 11 heteroatoms. The number of hydrogen-bond acceptors (Lipinski definition) is 9. The number of anilines is 4. The molecule has 0 radical (unpaired) electrons. The van der Waals surface area contributed by atoms with E-state index < -0.39 is 0 Å². The van der Waals surface area contributed by atoms with Crippen LogP contribution in [0.5, 0.6) is 0 Å². The van der Waals surface area contributed by atoms with Gasteiger partial charge in [0.25, 0.3) is 5.91 Å². The lowest BCUT2D eigenvalue weighted by molar-refractivity contribution is 0.102. The van der Waals surface area contributed by atoms with E-state index in [1.54, 1.807) is 18.3 Å². The summed E-state index contributed by atoms with van der Waals surface area (Å²) in [5, 5.41) is 17.9. The molecular formula is C24H20N10O. The maximum Gasteiger partial charge on any atom is 0.273 e. The minimum atomic E-state index is -0.328. The summed E-state index contributed by atoms with van der Waals surface area (Å²) in [6, 6.07) is 15.1. The van der Waals surface area contributed by atoms with Crippen molar-refractivity contribution in [3.8, 4) is 11.4 Å². The Kier molecular flexibility index (Phi) is 5.78. The number of amides is 1. The number of fused-ring (bicyclic) bond motifs is 1. The van der Waals surface area contributed by atoms with Crippen molar-refractivity contribution >= 4 is 46.5 Å². The maximum atomic E-state index is 12.6. The fraction of sp³-hybridized carbons (Fsp3) is 0.0417. The highest BCUT2D eigenvalue weighted by molar-refractivity contribution is 6.05. The standard InChI is InChI=1S/C24H20N10O/c1-14-9-17(5-6-18(14)34-25-2)30-21-7-8-26-23(32-21)16-4-3-15-10-20(31-19(15)11-16)24(35)33-22-12-28-29-13-27-22/h3-13,31,34H,2H2,1H3,(H,26,30,32)(H,27,29,33,35). The number of aromatic nitrogens is 6. The number of benzene rings is 2. The second kappa shape index (κ2) is 9.35. The van der Waals surface area contributed by atoms with Gasteiger partial charge in [-0.15, -0.1) is 5.10 Å². The Bertz CT molecular complexity index is 1530. The zero-order chi connectivity index (χ0) is 24.2. The van der Waals surface area contributed by atoms with E-state index in [-0.39, 0.29) is 5.91 Å². The van der Waals surface area contributed by atoms with Crippen LogP contribution in [0.15, 0.2) is 72.4 Å². The van der Waals surface area contributed by atoms with Crippen molar-refractivity contribution in [2.45, 2.75) is 6.92 Å². The number of aromatic amines is 1. The summed E-state index contributed by atoms with van der Waals surface area (Å²) in [5.41, 5.74) is 7.63. The zero-order valence-corrected chi connectivity index (χ0v) is 18.6. The van der Waals surface area contributed by atoms with E-state index in [2.05, 4.69) is 58.0 Å². The Morgan fingerprint density at radius 3 is 2.74 bits per heavy atom. The van der Waals surface area contributed by atoms with E-state index in [1.807, 2.05) is 43.3 Å². The molecule has 0 fully saturated rings. The molecular weight excluding hydrogens is 444 g/mol. The van der Waals surface area contributed by atoms with Crippen molar-refractivity contribution in [3.63, 3.8) is 0 Å². The fourth-order valence-corrected chi connectivity index (χ4v) is 3.54. The van der Waals surface area contributed by atoms with E-state index in [1.165, 1.54) is 12.5 Å². The fourth-order valence-electron chi connectivity index (χ4n) is 3.54. The van der Waals surface area contributed by atoms with Gasteiger partial charge in [0.2, 0.25) is 0 Å². The zero-order valence-electron chi connectivity index (χ0n) is 18.6. The number of carbonyl (C=O) groups is 1. The molecule has 5 aromatic rings. The topological polar surface area (TPSA) is 146 Å². The highest BCUT2D eigenvalue weighted by Gasteiger charge is 2.12. The first-order valence-corrected chi connectivity index (χ1v) is 10.6. The molecule has 0 saturated heterocycles. The van der Waals surface area contributed by atoms with Crippen LogP contribution in [0.1, 0.15) is 16.1 Å². The smallest absolute Gasteiger partial charge is 0.273 e. The van der Waals surface area contributed by atoms with Crippen molar-refractivity contribution in [2.75, 3.05) is 16.1 Å². The molecule has 5 rings (SSSR count). The monoisotopic (exact) mass is 464 g/mol. The molecule has 35 heavy (non-hydrogen) atoms.